The van der Waals surface area contributed by atoms with E-state index in [4.69, 9.17) is 0 Å². The largest absolute Gasteiger partial charge is 0.333 e. The Morgan fingerprint density at radius 1 is 0.667 bits per heavy atom. The van der Waals surface area contributed by atoms with E-state index in [0.29, 0.717) is 5.92 Å². The number of allylic oxidation sites excluding steroid dienone is 2. The Labute approximate surface area is 269 Å². The molecule has 1 heteroatoms. The van der Waals surface area contributed by atoms with Crippen LogP contribution in [0.5, 0.6) is 0 Å². The van der Waals surface area contributed by atoms with E-state index in [1.165, 1.54) is 83.0 Å². The number of hydrogen-bond donors (Lipinski definition) is 0. The van der Waals surface area contributed by atoms with Crippen molar-refractivity contribution in [3.8, 4) is 22.3 Å². The minimum atomic E-state index is -0.116. The number of fused-ring (bicyclic) bond motifs is 8. The minimum Gasteiger partial charge on any atom is -0.333 e. The highest BCUT2D eigenvalue weighted by molar-refractivity contribution is 5.91. The van der Waals surface area contributed by atoms with Crippen molar-refractivity contribution in [3.63, 3.8) is 0 Å². The van der Waals surface area contributed by atoms with Crippen LogP contribution in [0, 0.1) is 19.8 Å². The molecule has 4 aliphatic rings. The zero-order chi connectivity index (χ0) is 31.4. The van der Waals surface area contributed by atoms with E-state index in [0.717, 1.165) is 12.8 Å². The van der Waals surface area contributed by atoms with Crippen LogP contribution in [0.2, 0.25) is 0 Å². The van der Waals surface area contributed by atoms with Crippen LogP contribution in [0.4, 0.5) is 11.4 Å². The van der Waals surface area contributed by atoms with Crippen molar-refractivity contribution in [3.05, 3.63) is 128 Å². The molecule has 0 saturated carbocycles. The van der Waals surface area contributed by atoms with Crippen molar-refractivity contribution < 1.29 is 0 Å². The summed E-state index contributed by atoms with van der Waals surface area (Å²) >= 11 is 0. The summed E-state index contributed by atoms with van der Waals surface area (Å²) in [6.07, 6.45) is 14.4. The topological polar surface area (TPSA) is 3.24 Å². The van der Waals surface area contributed by atoms with Gasteiger partial charge in [-0.1, -0.05) is 113 Å². The Bertz CT molecular complexity index is 2120. The highest BCUT2D eigenvalue weighted by Gasteiger charge is 2.43. The fraction of sp³-hybridized carbons (Fsp3) is 0.318. The van der Waals surface area contributed by atoms with Gasteiger partial charge in [-0.3, -0.25) is 0 Å². The number of rotatable bonds is 3. The molecule has 0 radical (unpaired) electrons. The van der Waals surface area contributed by atoms with Gasteiger partial charge >= 0.3 is 0 Å². The first-order valence-corrected chi connectivity index (χ1v) is 16.9. The molecule has 0 amide bonds. The number of aryl methyl sites for hydroxylation is 2. The van der Waals surface area contributed by atoms with E-state index < -0.39 is 0 Å². The summed E-state index contributed by atoms with van der Waals surface area (Å²) in [5.74, 6) is 0.391. The van der Waals surface area contributed by atoms with Gasteiger partial charge in [0.2, 0.25) is 0 Å². The van der Waals surface area contributed by atoms with E-state index in [1.54, 1.807) is 0 Å². The van der Waals surface area contributed by atoms with E-state index in [-0.39, 0.29) is 16.9 Å². The first kappa shape index (κ1) is 28.4. The molecule has 0 N–H and O–H groups in total. The molecule has 2 atom stereocenters. The monoisotopic (exact) mass is 587 g/mol. The molecular formula is C44H45N. The molecule has 0 fully saturated rings. The summed E-state index contributed by atoms with van der Waals surface area (Å²) in [7, 11) is 0. The van der Waals surface area contributed by atoms with Gasteiger partial charge in [0.15, 0.2) is 0 Å². The average molecular weight is 588 g/mol. The Morgan fingerprint density at radius 2 is 1.36 bits per heavy atom. The average Bonchev–Trinajstić information content (AvgIpc) is 3.37. The van der Waals surface area contributed by atoms with Gasteiger partial charge in [-0.05, 0) is 119 Å². The highest BCUT2D eigenvalue weighted by Crippen LogP contribution is 2.55. The molecular weight excluding hydrogens is 542 g/mol. The third-order valence-electron chi connectivity index (χ3n) is 11.4. The fourth-order valence-corrected chi connectivity index (χ4v) is 9.03. The predicted molar refractivity (Wildman–Crippen MR) is 193 cm³/mol. The molecule has 226 valence electrons. The van der Waals surface area contributed by atoms with E-state index in [9.17, 15) is 0 Å². The van der Waals surface area contributed by atoms with Crippen molar-refractivity contribution in [1.82, 2.24) is 0 Å². The molecule has 4 aliphatic carbocycles. The Balaban J connectivity index is 1.41. The first-order valence-electron chi connectivity index (χ1n) is 16.9. The predicted octanol–water partition coefficient (Wildman–Crippen LogP) is 9.93. The number of hydrogen-bond acceptors (Lipinski definition) is 1. The molecule has 4 aromatic rings. The smallest absolute Gasteiger partial charge is 0.0585 e. The Hall–Kier alpha value is -4.10. The minimum absolute atomic E-state index is 0.0153. The summed E-state index contributed by atoms with van der Waals surface area (Å²) in [5.41, 5.74) is 18.1. The molecule has 0 spiro atoms. The third kappa shape index (κ3) is 3.99. The maximum atomic E-state index is 2.67. The summed E-state index contributed by atoms with van der Waals surface area (Å²) < 4.78 is 0. The maximum Gasteiger partial charge on any atom is 0.0585 e. The molecule has 4 aromatic carbocycles. The lowest BCUT2D eigenvalue weighted by Crippen LogP contribution is -2.43. The van der Waals surface area contributed by atoms with Gasteiger partial charge in [-0.2, -0.15) is 0 Å². The second-order valence-corrected chi connectivity index (χ2v) is 15.1. The number of anilines is 2. The summed E-state index contributed by atoms with van der Waals surface area (Å²) in [6.45, 7) is 18.8. The third-order valence-corrected chi connectivity index (χ3v) is 11.4. The standard InChI is InChI=1S/C44H45N/c1-26-17-19-39(28(3)21-26)45(40-20-18-27(2)22-29(40)4)41-25-38-42(32-15-10-9-14-31(32)41)34-24-36-33(23-37(34)44(38,7)8)30-13-11-12-16-35(30)43(36,5)6/h11-25,28,39H,9-10H2,1-8H3. The van der Waals surface area contributed by atoms with Crippen LogP contribution in [0.1, 0.15) is 87.8 Å². The normalized spacial score (nSPS) is 21.0. The van der Waals surface area contributed by atoms with Crippen molar-refractivity contribution in [2.45, 2.75) is 85.1 Å². The molecule has 8 rings (SSSR count). The van der Waals surface area contributed by atoms with Crippen LogP contribution in [-0.4, -0.2) is 6.04 Å². The molecule has 45 heavy (non-hydrogen) atoms. The van der Waals surface area contributed by atoms with Crippen molar-refractivity contribution in [2.75, 3.05) is 4.90 Å². The lowest BCUT2D eigenvalue weighted by Gasteiger charge is -2.39. The Kier molecular flexibility index (Phi) is 6.12. The molecule has 0 heterocycles. The van der Waals surface area contributed by atoms with Crippen molar-refractivity contribution in [2.24, 2.45) is 5.92 Å². The van der Waals surface area contributed by atoms with Crippen LogP contribution in [0.25, 0.3) is 34.4 Å². The Morgan fingerprint density at radius 3 is 2.11 bits per heavy atom. The fourth-order valence-electron chi connectivity index (χ4n) is 9.03. The number of nitrogens with zero attached hydrogens (tertiary/aromatic N) is 1. The van der Waals surface area contributed by atoms with Crippen LogP contribution < -0.4 is 15.3 Å². The van der Waals surface area contributed by atoms with Crippen LogP contribution in [0.3, 0.4) is 0 Å². The second-order valence-electron chi connectivity index (χ2n) is 15.1. The number of benzene rings is 4. The molecule has 0 bridgehead atoms. The SMILES string of the molecule is CC1=CC(C)C(N(c2ccc(C)cc2C)c2cc3c(c4c2=CCCC=4)-c2cc4c(cc2C3(C)C)-c2ccccc2C4(C)C)C=C1. The van der Waals surface area contributed by atoms with Gasteiger partial charge in [-0.15, -0.1) is 0 Å². The van der Waals surface area contributed by atoms with Crippen LogP contribution in [-0.2, 0) is 10.8 Å². The molecule has 0 saturated heterocycles. The van der Waals surface area contributed by atoms with Crippen molar-refractivity contribution >= 4 is 23.5 Å². The van der Waals surface area contributed by atoms with Gasteiger partial charge in [0.25, 0.3) is 0 Å². The second kappa shape index (κ2) is 9.70. The molecule has 0 aliphatic heterocycles. The zero-order valence-corrected chi connectivity index (χ0v) is 28.2. The summed E-state index contributed by atoms with van der Waals surface area (Å²) in [4.78, 5) is 2.67. The van der Waals surface area contributed by atoms with E-state index in [2.05, 4.69) is 151 Å². The van der Waals surface area contributed by atoms with E-state index >= 15 is 0 Å². The van der Waals surface area contributed by atoms with Gasteiger partial charge in [0.05, 0.1) is 6.04 Å². The van der Waals surface area contributed by atoms with Gasteiger partial charge < -0.3 is 4.90 Å². The zero-order valence-electron chi connectivity index (χ0n) is 28.2. The lowest BCUT2D eigenvalue weighted by atomic mass is 9.79. The van der Waals surface area contributed by atoms with Gasteiger partial charge in [-0.25, -0.2) is 0 Å². The van der Waals surface area contributed by atoms with Crippen LogP contribution in [0.15, 0.2) is 84.5 Å². The van der Waals surface area contributed by atoms with Crippen LogP contribution >= 0.6 is 0 Å². The van der Waals surface area contributed by atoms with E-state index in [1.807, 2.05) is 0 Å². The highest BCUT2D eigenvalue weighted by atomic mass is 15.2. The summed E-state index contributed by atoms with van der Waals surface area (Å²) in [6, 6.07) is 24.0. The maximum absolute atomic E-state index is 2.67. The lowest BCUT2D eigenvalue weighted by molar-refractivity contribution is 0.602. The molecule has 2 unspecified atom stereocenters. The molecule has 0 aromatic heterocycles. The quantitative estimate of drug-likeness (QED) is 0.231. The molecule has 1 nitrogen and oxygen atoms in total. The summed E-state index contributed by atoms with van der Waals surface area (Å²) in [5, 5.41) is 2.83. The van der Waals surface area contributed by atoms with Gasteiger partial charge in [0.1, 0.15) is 0 Å². The van der Waals surface area contributed by atoms with Crippen molar-refractivity contribution in [1.29, 1.82) is 0 Å². The van der Waals surface area contributed by atoms with Gasteiger partial charge in [0, 0.05) is 27.4 Å². The first-order chi connectivity index (χ1) is 21.5.